The molecule has 4 saturated carbocycles. The van der Waals surface area contributed by atoms with Crippen LogP contribution in [0.25, 0.3) is 0 Å². The van der Waals surface area contributed by atoms with Crippen LogP contribution < -0.4 is 5.32 Å². The van der Waals surface area contributed by atoms with Crippen molar-refractivity contribution in [3.8, 4) is 0 Å². The third kappa shape index (κ3) is 2.72. The number of nitrogens with one attached hydrogen (secondary N) is 1. The van der Waals surface area contributed by atoms with E-state index in [1.54, 1.807) is 7.11 Å². The van der Waals surface area contributed by atoms with Crippen molar-refractivity contribution in [2.45, 2.75) is 37.7 Å². The Morgan fingerprint density at radius 1 is 1.16 bits per heavy atom. The Labute approximate surface area is 147 Å². The number of hydrogen-bond acceptors (Lipinski definition) is 4. The standard InChI is InChI=1S/C19H24N2O4/c1-25-19(15-7-12-6-13(9-15)10-16(19)8-12)11-20-18(22)14-2-4-17(5-3-14)21(23)24/h2-5,12-13,15-16H,6-11H2,1H3,(H,20,22). The largest absolute Gasteiger partial charge is 0.376 e. The Hall–Kier alpha value is -1.95. The fraction of sp³-hybridized carbons (Fsp3) is 0.632. The molecule has 0 spiro atoms. The summed E-state index contributed by atoms with van der Waals surface area (Å²) in [7, 11) is 1.78. The lowest BCUT2D eigenvalue weighted by molar-refractivity contribution is -0.384. The molecule has 25 heavy (non-hydrogen) atoms. The zero-order valence-electron chi connectivity index (χ0n) is 14.4. The maximum Gasteiger partial charge on any atom is 0.269 e. The molecule has 4 aliphatic carbocycles. The Kier molecular flexibility index (Phi) is 4.02. The monoisotopic (exact) mass is 344 g/mol. The van der Waals surface area contributed by atoms with E-state index < -0.39 is 4.92 Å². The number of nitro groups is 1. The second kappa shape index (κ2) is 6.09. The van der Waals surface area contributed by atoms with Gasteiger partial charge >= 0.3 is 0 Å². The van der Waals surface area contributed by atoms with E-state index in [2.05, 4.69) is 5.32 Å². The number of benzene rings is 1. The van der Waals surface area contributed by atoms with Crippen LogP contribution in [0.2, 0.25) is 0 Å². The number of ether oxygens (including phenoxy) is 1. The van der Waals surface area contributed by atoms with Crippen molar-refractivity contribution in [2.24, 2.45) is 23.7 Å². The third-order valence-electron chi connectivity index (χ3n) is 6.77. The normalized spacial score (nSPS) is 35.6. The molecule has 134 valence electrons. The number of nitrogens with zero attached hydrogens (tertiary/aromatic N) is 1. The van der Waals surface area contributed by atoms with Gasteiger partial charge in [-0.1, -0.05) is 0 Å². The molecule has 0 unspecified atom stereocenters. The van der Waals surface area contributed by atoms with Crippen LogP contribution in [0.15, 0.2) is 24.3 Å². The van der Waals surface area contributed by atoms with E-state index in [9.17, 15) is 14.9 Å². The van der Waals surface area contributed by atoms with Crippen LogP contribution in [0.3, 0.4) is 0 Å². The number of hydrogen-bond donors (Lipinski definition) is 1. The summed E-state index contributed by atoms with van der Waals surface area (Å²) < 4.78 is 6.05. The number of carbonyl (C=O) groups is 1. The van der Waals surface area contributed by atoms with E-state index in [0.717, 1.165) is 11.8 Å². The lowest BCUT2D eigenvalue weighted by Crippen LogP contribution is -2.63. The SMILES string of the molecule is COC1(CNC(=O)c2ccc([N+](=O)[O-])cc2)C2CC3CC(C2)CC1C3. The van der Waals surface area contributed by atoms with E-state index in [1.165, 1.54) is 56.4 Å². The molecular formula is C19H24N2O4. The van der Waals surface area contributed by atoms with Crippen molar-refractivity contribution in [1.82, 2.24) is 5.32 Å². The molecule has 1 amide bonds. The fourth-order valence-corrected chi connectivity index (χ4v) is 5.73. The first-order valence-corrected chi connectivity index (χ1v) is 9.09. The summed E-state index contributed by atoms with van der Waals surface area (Å²) in [6.07, 6.45) is 6.24. The highest BCUT2D eigenvalue weighted by Gasteiger charge is 2.57. The minimum Gasteiger partial charge on any atom is -0.376 e. The summed E-state index contributed by atoms with van der Waals surface area (Å²) in [4.78, 5) is 22.7. The molecule has 6 nitrogen and oxygen atoms in total. The molecule has 0 heterocycles. The summed E-state index contributed by atoms with van der Waals surface area (Å²) in [6, 6.07) is 5.74. The average molecular weight is 344 g/mol. The van der Waals surface area contributed by atoms with E-state index >= 15 is 0 Å². The van der Waals surface area contributed by atoms with Gasteiger partial charge in [0.2, 0.25) is 0 Å². The highest BCUT2D eigenvalue weighted by Crippen LogP contribution is 2.59. The molecule has 6 heteroatoms. The van der Waals surface area contributed by atoms with Gasteiger partial charge in [0.25, 0.3) is 11.6 Å². The van der Waals surface area contributed by atoms with Gasteiger partial charge in [0, 0.05) is 31.4 Å². The molecule has 0 saturated heterocycles. The molecular weight excluding hydrogens is 320 g/mol. The van der Waals surface area contributed by atoms with Gasteiger partial charge in [-0.25, -0.2) is 0 Å². The number of nitro benzene ring substituents is 1. The third-order valence-corrected chi connectivity index (χ3v) is 6.77. The number of methoxy groups -OCH3 is 1. The van der Waals surface area contributed by atoms with Gasteiger partial charge in [0.15, 0.2) is 0 Å². The van der Waals surface area contributed by atoms with Crippen LogP contribution in [0, 0.1) is 33.8 Å². The molecule has 1 aromatic carbocycles. The molecule has 0 aromatic heterocycles. The minimum absolute atomic E-state index is 0.00838. The van der Waals surface area contributed by atoms with Gasteiger partial charge in [-0.15, -0.1) is 0 Å². The van der Waals surface area contributed by atoms with Gasteiger partial charge in [0.05, 0.1) is 10.5 Å². The van der Waals surface area contributed by atoms with E-state index in [1.807, 2.05) is 0 Å². The van der Waals surface area contributed by atoms with Crippen molar-refractivity contribution in [3.63, 3.8) is 0 Å². The maximum atomic E-state index is 12.5. The Bertz CT molecular complexity index is 657. The summed E-state index contributed by atoms with van der Waals surface area (Å²) in [5.41, 5.74) is 0.191. The van der Waals surface area contributed by atoms with Crippen molar-refractivity contribution >= 4 is 11.6 Å². The first-order chi connectivity index (χ1) is 12.0. The zero-order valence-corrected chi connectivity index (χ0v) is 14.4. The van der Waals surface area contributed by atoms with Crippen molar-refractivity contribution < 1.29 is 14.5 Å². The van der Waals surface area contributed by atoms with Crippen LogP contribution in [0.4, 0.5) is 5.69 Å². The predicted octanol–water partition coefficient (Wildman–Crippen LogP) is 3.17. The fourth-order valence-electron chi connectivity index (χ4n) is 5.73. The van der Waals surface area contributed by atoms with E-state index in [0.29, 0.717) is 23.9 Å². The van der Waals surface area contributed by atoms with Gasteiger partial charge in [-0.2, -0.15) is 0 Å². The van der Waals surface area contributed by atoms with Crippen LogP contribution >= 0.6 is 0 Å². The van der Waals surface area contributed by atoms with Crippen LogP contribution in [0.1, 0.15) is 42.5 Å². The summed E-state index contributed by atoms with van der Waals surface area (Å²) in [5, 5.41) is 13.8. The molecule has 0 aliphatic heterocycles. The lowest BCUT2D eigenvalue weighted by atomic mass is 9.49. The van der Waals surface area contributed by atoms with Gasteiger partial charge in [-0.05, 0) is 67.9 Å². The summed E-state index contributed by atoms with van der Waals surface area (Å²) in [5.74, 6) is 2.56. The van der Waals surface area contributed by atoms with Crippen LogP contribution in [-0.2, 0) is 4.74 Å². The highest BCUT2D eigenvalue weighted by atomic mass is 16.6. The molecule has 1 aromatic rings. The molecule has 1 N–H and O–H groups in total. The van der Waals surface area contributed by atoms with Crippen molar-refractivity contribution in [1.29, 1.82) is 0 Å². The second-order valence-electron chi connectivity index (χ2n) is 7.95. The van der Waals surface area contributed by atoms with E-state index in [4.69, 9.17) is 4.74 Å². The zero-order chi connectivity index (χ0) is 17.6. The van der Waals surface area contributed by atoms with Crippen LogP contribution in [-0.4, -0.2) is 30.1 Å². The van der Waals surface area contributed by atoms with Crippen molar-refractivity contribution in [2.75, 3.05) is 13.7 Å². The van der Waals surface area contributed by atoms with Gasteiger partial charge < -0.3 is 10.1 Å². The molecule has 0 atom stereocenters. The highest BCUT2D eigenvalue weighted by molar-refractivity contribution is 5.94. The molecule has 4 fully saturated rings. The first-order valence-electron chi connectivity index (χ1n) is 9.09. The smallest absolute Gasteiger partial charge is 0.269 e. The first kappa shape index (κ1) is 16.5. The number of non-ortho nitro benzene ring substituents is 1. The summed E-state index contributed by atoms with van der Waals surface area (Å²) >= 11 is 0. The van der Waals surface area contributed by atoms with Crippen LogP contribution in [0.5, 0.6) is 0 Å². The molecule has 5 rings (SSSR count). The van der Waals surface area contributed by atoms with Gasteiger partial charge in [0.1, 0.15) is 0 Å². The Morgan fingerprint density at radius 3 is 2.20 bits per heavy atom. The Balaban J connectivity index is 1.46. The summed E-state index contributed by atoms with van der Waals surface area (Å²) in [6.45, 7) is 0.522. The quantitative estimate of drug-likeness (QED) is 0.657. The molecule has 4 aliphatic rings. The molecule has 0 radical (unpaired) electrons. The van der Waals surface area contributed by atoms with Crippen molar-refractivity contribution in [3.05, 3.63) is 39.9 Å². The van der Waals surface area contributed by atoms with E-state index in [-0.39, 0.29) is 17.2 Å². The number of carbonyl (C=O) groups excluding carboxylic acids is 1. The Morgan fingerprint density at radius 2 is 1.72 bits per heavy atom. The molecule has 4 bridgehead atoms. The number of rotatable bonds is 5. The van der Waals surface area contributed by atoms with Gasteiger partial charge in [-0.3, -0.25) is 14.9 Å². The maximum absolute atomic E-state index is 12.5. The number of amides is 1. The predicted molar refractivity (Wildman–Crippen MR) is 92.2 cm³/mol. The lowest BCUT2D eigenvalue weighted by Gasteiger charge is -2.60. The average Bonchev–Trinajstić information content (AvgIpc) is 2.61. The second-order valence-corrected chi connectivity index (χ2v) is 7.95. The minimum atomic E-state index is -0.462. The topological polar surface area (TPSA) is 81.5 Å².